The number of carbonyl (C=O) groups is 2. The van der Waals surface area contributed by atoms with E-state index in [4.69, 9.17) is 4.74 Å². The van der Waals surface area contributed by atoms with Crippen molar-refractivity contribution in [2.45, 2.75) is 37.1 Å². The van der Waals surface area contributed by atoms with Crippen molar-refractivity contribution >= 4 is 28.7 Å². The van der Waals surface area contributed by atoms with E-state index in [1.807, 2.05) is 5.32 Å². The summed E-state index contributed by atoms with van der Waals surface area (Å²) in [6.07, 6.45) is -6.28. The highest BCUT2D eigenvalue weighted by atomic mass is 19.4. The summed E-state index contributed by atoms with van der Waals surface area (Å²) in [6, 6.07) is 4.92. The van der Waals surface area contributed by atoms with E-state index in [0.29, 0.717) is 6.07 Å². The molecule has 2 aliphatic heterocycles. The summed E-state index contributed by atoms with van der Waals surface area (Å²) in [7, 11) is 0. The van der Waals surface area contributed by atoms with Crippen LogP contribution in [-0.4, -0.2) is 64.0 Å². The smallest absolute Gasteiger partial charge is 0.391 e. The number of aliphatic hydroxyl groups excluding tert-OH is 1. The maximum atomic E-state index is 14.9. The predicted octanol–water partition coefficient (Wildman–Crippen LogP) is 2.60. The number of fused-ring (bicyclic) bond motifs is 1. The van der Waals surface area contributed by atoms with Crippen molar-refractivity contribution in [3.05, 3.63) is 63.9 Å². The lowest BCUT2D eigenvalue weighted by atomic mass is 9.88. The fourth-order valence-corrected chi connectivity index (χ4v) is 4.76. The third kappa shape index (κ3) is 4.74. The van der Waals surface area contributed by atoms with Crippen molar-refractivity contribution in [2.75, 3.05) is 24.7 Å². The normalized spacial score (nSPS) is 19.5. The molecule has 0 aliphatic carbocycles. The maximum absolute atomic E-state index is 14.9. The Balaban J connectivity index is 1.68. The fourth-order valence-electron chi connectivity index (χ4n) is 4.76. The van der Waals surface area contributed by atoms with Crippen LogP contribution in [-0.2, 0) is 9.53 Å². The molecule has 2 aliphatic rings. The first kappa shape index (κ1) is 26.7. The van der Waals surface area contributed by atoms with Crippen molar-refractivity contribution in [1.29, 1.82) is 0 Å². The molecule has 0 saturated carbocycles. The average Bonchev–Trinajstić information content (AvgIpc) is 3.22. The van der Waals surface area contributed by atoms with Gasteiger partial charge in [-0.2, -0.15) is 13.2 Å². The van der Waals surface area contributed by atoms with Crippen LogP contribution in [0.1, 0.15) is 29.6 Å². The van der Waals surface area contributed by atoms with E-state index in [0.717, 1.165) is 27.8 Å². The summed E-state index contributed by atoms with van der Waals surface area (Å²) in [5.41, 5.74) is -4.97. The molecule has 1 unspecified atom stereocenters. The zero-order chi connectivity index (χ0) is 28.1. The summed E-state index contributed by atoms with van der Waals surface area (Å²) in [5.74, 6) is -3.82. The number of amides is 2. The van der Waals surface area contributed by atoms with Crippen molar-refractivity contribution < 1.29 is 41.4 Å². The first-order chi connectivity index (χ1) is 18.4. The van der Waals surface area contributed by atoms with Gasteiger partial charge in [0, 0.05) is 38.3 Å². The first-order valence-corrected chi connectivity index (χ1v) is 11.9. The largest absolute Gasteiger partial charge is 0.411 e. The first-order valence-electron chi connectivity index (χ1n) is 11.9. The van der Waals surface area contributed by atoms with Crippen LogP contribution in [0.25, 0.3) is 16.7 Å². The number of pyridine rings is 2. The Morgan fingerprint density at radius 3 is 2.46 bits per heavy atom. The summed E-state index contributed by atoms with van der Waals surface area (Å²) in [4.78, 5) is 44.2. The quantitative estimate of drug-likeness (QED) is 0.482. The third-order valence-corrected chi connectivity index (χ3v) is 6.87. The van der Waals surface area contributed by atoms with Gasteiger partial charge < -0.3 is 15.2 Å². The molecule has 0 spiro atoms. The number of halogens is 5. The van der Waals surface area contributed by atoms with Gasteiger partial charge in [-0.25, -0.2) is 13.8 Å². The van der Waals surface area contributed by atoms with Gasteiger partial charge in [-0.3, -0.25) is 23.9 Å². The Morgan fingerprint density at radius 1 is 1.13 bits per heavy atom. The van der Waals surface area contributed by atoms with E-state index >= 15 is 0 Å². The summed E-state index contributed by atoms with van der Waals surface area (Å²) < 4.78 is 76.5. The molecule has 2 N–H and O–H groups in total. The number of anilines is 1. The number of nitrogens with zero attached hydrogens (tertiary/aromatic N) is 3. The number of hydrogen-bond donors (Lipinski definition) is 2. The van der Waals surface area contributed by atoms with Gasteiger partial charge in [0.25, 0.3) is 5.91 Å². The highest BCUT2D eigenvalue weighted by Gasteiger charge is 2.56. The molecule has 0 bridgehead atoms. The molecule has 39 heavy (non-hydrogen) atoms. The van der Waals surface area contributed by atoms with E-state index in [9.17, 15) is 41.4 Å². The standard InChI is InChI=1S/C25H21F5N4O5/c26-13-1-3-18(17(27)9-13)33-12-16(23(38)32-24(25(28,29)30)5-7-39-8-6-24)21(37)15-2-4-19(31-22(15)33)34-11-14(35)10-20(34)36/h1-4,9,12,14,35H,5-8,10-11H2,(H,32,38). The molecule has 2 amide bonds. The number of hydrogen-bond acceptors (Lipinski definition) is 6. The SMILES string of the molecule is O=C(NC1(C(F)(F)F)CCOCC1)c1cn(-c2ccc(F)cc2F)c2nc(N3CC(O)CC3=O)ccc2c1=O. The van der Waals surface area contributed by atoms with E-state index < -0.39 is 65.1 Å². The van der Waals surface area contributed by atoms with E-state index in [-0.39, 0.29) is 48.7 Å². The maximum Gasteiger partial charge on any atom is 0.411 e. The Bertz CT molecular complexity index is 1530. The number of aliphatic hydroxyl groups is 1. The van der Waals surface area contributed by atoms with Gasteiger partial charge in [-0.15, -0.1) is 0 Å². The second kappa shape index (κ2) is 9.68. The molecule has 206 valence electrons. The summed E-state index contributed by atoms with van der Waals surface area (Å²) >= 11 is 0. The minimum atomic E-state index is -4.85. The Labute approximate surface area is 216 Å². The molecule has 2 aromatic heterocycles. The highest BCUT2D eigenvalue weighted by molar-refractivity contribution is 5.99. The molecule has 4 heterocycles. The van der Waals surface area contributed by atoms with Crippen LogP contribution in [0, 0.1) is 11.6 Å². The summed E-state index contributed by atoms with van der Waals surface area (Å²) in [5, 5.41) is 11.5. The number of carbonyl (C=O) groups excluding carboxylic acids is 2. The molecular weight excluding hydrogens is 531 g/mol. The van der Waals surface area contributed by atoms with Crippen LogP contribution in [0.15, 0.2) is 41.3 Å². The van der Waals surface area contributed by atoms with Crippen LogP contribution in [0.5, 0.6) is 0 Å². The van der Waals surface area contributed by atoms with Crippen molar-refractivity contribution in [3.8, 4) is 5.69 Å². The van der Waals surface area contributed by atoms with E-state index in [1.54, 1.807) is 0 Å². The Kier molecular flexibility index (Phi) is 6.63. The third-order valence-electron chi connectivity index (χ3n) is 6.87. The molecule has 14 heteroatoms. The van der Waals surface area contributed by atoms with Gasteiger partial charge in [0.05, 0.1) is 30.1 Å². The molecule has 1 atom stereocenters. The molecule has 1 aromatic carbocycles. The van der Waals surface area contributed by atoms with Crippen LogP contribution < -0.4 is 15.6 Å². The van der Waals surface area contributed by atoms with Crippen LogP contribution in [0.4, 0.5) is 27.8 Å². The average molecular weight is 552 g/mol. The Hall–Kier alpha value is -3.91. The second-order valence-electron chi connectivity index (χ2n) is 9.39. The number of alkyl halides is 3. The van der Waals surface area contributed by atoms with E-state index in [1.165, 1.54) is 12.1 Å². The number of rotatable bonds is 4. The van der Waals surface area contributed by atoms with Gasteiger partial charge in [0.15, 0.2) is 5.65 Å². The van der Waals surface area contributed by atoms with Gasteiger partial charge >= 0.3 is 6.18 Å². The molecule has 5 rings (SSSR count). The minimum Gasteiger partial charge on any atom is -0.391 e. The van der Waals surface area contributed by atoms with Crippen LogP contribution >= 0.6 is 0 Å². The zero-order valence-corrected chi connectivity index (χ0v) is 20.1. The minimum absolute atomic E-state index is 0.00940. The number of β-amino-alcohol motifs (C(OH)–C–C–N with tert-alkyl or cyclic N) is 1. The van der Waals surface area contributed by atoms with Crippen molar-refractivity contribution in [1.82, 2.24) is 14.9 Å². The number of benzene rings is 1. The van der Waals surface area contributed by atoms with Gasteiger partial charge in [0.1, 0.15) is 28.6 Å². The van der Waals surface area contributed by atoms with Crippen LogP contribution in [0.2, 0.25) is 0 Å². The second-order valence-corrected chi connectivity index (χ2v) is 9.39. The fraction of sp³-hybridized carbons (Fsp3) is 0.360. The molecule has 2 saturated heterocycles. The lowest BCUT2D eigenvalue weighted by Crippen LogP contribution is -2.61. The lowest BCUT2D eigenvalue weighted by molar-refractivity contribution is -0.212. The zero-order valence-electron chi connectivity index (χ0n) is 20.1. The van der Waals surface area contributed by atoms with Gasteiger partial charge in [-0.05, 0) is 24.3 Å². The molecule has 9 nitrogen and oxygen atoms in total. The molecule has 2 fully saturated rings. The number of aromatic nitrogens is 2. The number of nitrogens with one attached hydrogen (secondary N) is 1. The van der Waals surface area contributed by atoms with Crippen molar-refractivity contribution in [3.63, 3.8) is 0 Å². The topological polar surface area (TPSA) is 114 Å². The van der Waals surface area contributed by atoms with Crippen LogP contribution in [0.3, 0.4) is 0 Å². The lowest BCUT2D eigenvalue weighted by Gasteiger charge is -2.39. The van der Waals surface area contributed by atoms with Gasteiger partial charge in [-0.1, -0.05) is 0 Å². The predicted molar refractivity (Wildman–Crippen MR) is 127 cm³/mol. The van der Waals surface area contributed by atoms with Gasteiger partial charge in [0.2, 0.25) is 11.3 Å². The number of ether oxygens (including phenoxy) is 1. The Morgan fingerprint density at radius 2 is 1.85 bits per heavy atom. The monoisotopic (exact) mass is 552 g/mol. The molecule has 3 aromatic rings. The molecular formula is C25H21F5N4O5. The summed E-state index contributed by atoms with van der Waals surface area (Å²) in [6.45, 7) is -0.617. The van der Waals surface area contributed by atoms with Crippen molar-refractivity contribution in [2.24, 2.45) is 0 Å². The van der Waals surface area contributed by atoms with E-state index in [2.05, 4.69) is 4.98 Å². The highest BCUT2D eigenvalue weighted by Crippen LogP contribution is 2.38. The molecule has 0 radical (unpaired) electrons.